The van der Waals surface area contributed by atoms with E-state index >= 15 is 0 Å². The van der Waals surface area contributed by atoms with Gasteiger partial charge in [0.15, 0.2) is 5.75 Å². The Morgan fingerprint density at radius 3 is 2.18 bits per heavy atom. The molecule has 0 unspecified atom stereocenters. The smallest absolute Gasteiger partial charge is 0.335 e. The predicted molar refractivity (Wildman–Crippen MR) is 169 cm³/mol. The van der Waals surface area contributed by atoms with Gasteiger partial charge in [0.25, 0.3) is 5.91 Å². The monoisotopic (exact) mass is 587 g/mol. The lowest BCUT2D eigenvalue weighted by atomic mass is 10.00. The number of carbonyl (C=O) groups excluding carboxylic acids is 2. The van der Waals surface area contributed by atoms with Gasteiger partial charge in [-0.05, 0) is 29.7 Å². The fourth-order valence-electron chi connectivity index (χ4n) is 5.53. The molecule has 0 radical (unpaired) electrons. The van der Waals surface area contributed by atoms with Gasteiger partial charge < -0.3 is 20.5 Å². The third-order valence-electron chi connectivity index (χ3n) is 7.58. The Balaban J connectivity index is 1.51. The topological polar surface area (TPSA) is 123 Å². The van der Waals surface area contributed by atoms with Crippen LogP contribution < -0.4 is 10.5 Å². The van der Waals surface area contributed by atoms with Crippen LogP contribution in [0, 0.1) is 0 Å². The fraction of sp³-hybridized carbons (Fsp3) is 0.167. The first-order valence-corrected chi connectivity index (χ1v) is 14.4. The van der Waals surface area contributed by atoms with Gasteiger partial charge in [0, 0.05) is 10.9 Å². The van der Waals surface area contributed by atoms with Crippen molar-refractivity contribution in [2.75, 3.05) is 13.2 Å². The minimum absolute atomic E-state index is 0.0375. The number of carbonyl (C=O) groups is 3. The number of nitrogens with zero attached hydrogens (tertiary/aromatic N) is 2. The number of fused-ring (bicyclic) bond motifs is 1. The van der Waals surface area contributed by atoms with Crippen LogP contribution in [0.3, 0.4) is 0 Å². The van der Waals surface area contributed by atoms with Gasteiger partial charge in [0.2, 0.25) is 5.91 Å². The maximum Gasteiger partial charge on any atom is 0.335 e. The number of hydrogen-bond acceptors (Lipinski definition) is 5. The molecule has 0 fully saturated rings. The van der Waals surface area contributed by atoms with Gasteiger partial charge in [0.05, 0.1) is 35.7 Å². The quantitative estimate of drug-likeness (QED) is 0.177. The van der Waals surface area contributed by atoms with Crippen LogP contribution in [-0.4, -0.2) is 45.9 Å². The zero-order valence-corrected chi connectivity index (χ0v) is 24.4. The van der Waals surface area contributed by atoms with E-state index in [2.05, 4.69) is 0 Å². The summed E-state index contributed by atoms with van der Waals surface area (Å²) in [5.41, 5.74) is 9.44. The molecule has 44 heavy (non-hydrogen) atoms. The number of carboxylic acid groups (broad SMARTS) is 1. The van der Waals surface area contributed by atoms with Crippen molar-refractivity contribution in [1.29, 1.82) is 0 Å². The predicted octanol–water partition coefficient (Wildman–Crippen LogP) is 6.30. The van der Waals surface area contributed by atoms with Crippen LogP contribution in [-0.2, 0) is 11.2 Å². The van der Waals surface area contributed by atoms with E-state index in [1.807, 2.05) is 85.8 Å². The van der Waals surface area contributed by atoms with Gasteiger partial charge in [-0.2, -0.15) is 0 Å². The number of para-hydroxylation sites is 1. The molecule has 1 aromatic heterocycles. The van der Waals surface area contributed by atoms with Crippen molar-refractivity contribution in [3.8, 4) is 17.0 Å². The average molecular weight is 588 g/mol. The van der Waals surface area contributed by atoms with Crippen molar-refractivity contribution in [3.05, 3.63) is 131 Å². The van der Waals surface area contributed by atoms with Gasteiger partial charge in [-0.15, -0.1) is 0 Å². The van der Waals surface area contributed by atoms with Crippen molar-refractivity contribution in [3.63, 3.8) is 0 Å². The molecule has 0 aliphatic rings. The molecule has 0 spiro atoms. The SMILES string of the molecule is CC[C@@H](c1ccccc1)N(CCOc1c(-c2ccccc2)nc2ccccc2c1C(N)=O)C(=O)Cc1ccccc1C(=O)O. The number of amides is 2. The summed E-state index contributed by atoms with van der Waals surface area (Å²) in [7, 11) is 0. The van der Waals surface area contributed by atoms with Crippen LogP contribution in [0.4, 0.5) is 0 Å². The van der Waals surface area contributed by atoms with E-state index in [-0.39, 0.29) is 48.4 Å². The van der Waals surface area contributed by atoms with E-state index in [1.54, 1.807) is 29.2 Å². The highest BCUT2D eigenvalue weighted by atomic mass is 16.5. The van der Waals surface area contributed by atoms with Gasteiger partial charge in [0.1, 0.15) is 12.3 Å². The second-order valence-electron chi connectivity index (χ2n) is 10.3. The number of ether oxygens (including phenoxy) is 1. The Kier molecular flexibility index (Phi) is 9.30. The normalized spacial score (nSPS) is 11.6. The average Bonchev–Trinajstić information content (AvgIpc) is 3.04. The summed E-state index contributed by atoms with van der Waals surface area (Å²) < 4.78 is 6.36. The Morgan fingerprint density at radius 1 is 0.864 bits per heavy atom. The standard InChI is InChI=1S/C36H33N3O5/c1-2-30(24-13-5-3-6-14-24)39(31(40)23-26-17-9-10-18-27(26)36(42)43)21-22-44-34-32(35(37)41)28-19-11-12-20-29(28)38-33(34)25-15-7-4-8-16-25/h3-20,30H,2,21-23H2,1H3,(H2,37,41)(H,42,43)/t30-/m0/s1. The molecule has 4 aromatic carbocycles. The minimum Gasteiger partial charge on any atom is -0.489 e. The number of hydrogen-bond donors (Lipinski definition) is 2. The van der Waals surface area contributed by atoms with E-state index in [0.717, 1.165) is 11.1 Å². The summed E-state index contributed by atoms with van der Waals surface area (Å²) in [5, 5.41) is 10.3. The van der Waals surface area contributed by atoms with Crippen LogP contribution >= 0.6 is 0 Å². The lowest BCUT2D eigenvalue weighted by Gasteiger charge is -2.32. The summed E-state index contributed by atoms with van der Waals surface area (Å²) >= 11 is 0. The Hall–Kier alpha value is -5.50. The van der Waals surface area contributed by atoms with Crippen LogP contribution in [0.1, 0.15) is 51.2 Å². The van der Waals surface area contributed by atoms with E-state index in [1.165, 1.54) is 6.07 Å². The molecule has 5 rings (SSSR count). The van der Waals surface area contributed by atoms with Crippen molar-refractivity contribution in [1.82, 2.24) is 9.88 Å². The Morgan fingerprint density at radius 2 is 1.50 bits per heavy atom. The van der Waals surface area contributed by atoms with Crippen molar-refractivity contribution >= 4 is 28.7 Å². The van der Waals surface area contributed by atoms with Crippen molar-refractivity contribution in [2.24, 2.45) is 5.73 Å². The summed E-state index contributed by atoms with van der Waals surface area (Å²) in [5.74, 6) is -1.73. The van der Waals surface area contributed by atoms with E-state index < -0.39 is 11.9 Å². The molecule has 222 valence electrons. The highest BCUT2D eigenvalue weighted by Gasteiger charge is 2.27. The molecular weight excluding hydrogens is 554 g/mol. The number of pyridine rings is 1. The highest BCUT2D eigenvalue weighted by Crippen LogP contribution is 2.36. The first kappa shape index (κ1) is 30.0. The molecular formula is C36H33N3O5. The molecule has 0 bridgehead atoms. The first-order chi connectivity index (χ1) is 21.4. The van der Waals surface area contributed by atoms with Gasteiger partial charge in [-0.25, -0.2) is 9.78 Å². The molecule has 2 amide bonds. The second-order valence-corrected chi connectivity index (χ2v) is 10.3. The van der Waals surface area contributed by atoms with Gasteiger partial charge in [-0.1, -0.05) is 104 Å². The van der Waals surface area contributed by atoms with E-state index in [9.17, 15) is 19.5 Å². The number of benzene rings is 4. The summed E-state index contributed by atoms with van der Waals surface area (Å²) in [6.07, 6.45) is 0.529. The molecule has 0 aliphatic heterocycles. The Bertz CT molecular complexity index is 1790. The molecule has 3 N–H and O–H groups in total. The summed E-state index contributed by atoms with van der Waals surface area (Å²) in [6, 6.07) is 32.6. The molecule has 0 aliphatic carbocycles. The highest BCUT2D eigenvalue weighted by molar-refractivity contribution is 6.09. The zero-order chi connectivity index (χ0) is 31.1. The van der Waals surface area contributed by atoms with Gasteiger partial charge in [-0.3, -0.25) is 9.59 Å². The van der Waals surface area contributed by atoms with Crippen LogP contribution in [0.15, 0.2) is 109 Å². The largest absolute Gasteiger partial charge is 0.489 e. The zero-order valence-electron chi connectivity index (χ0n) is 24.4. The number of carboxylic acids is 1. The van der Waals surface area contributed by atoms with Crippen molar-refractivity contribution < 1.29 is 24.2 Å². The number of rotatable bonds is 12. The lowest BCUT2D eigenvalue weighted by molar-refractivity contribution is -0.133. The lowest BCUT2D eigenvalue weighted by Crippen LogP contribution is -2.39. The molecule has 8 nitrogen and oxygen atoms in total. The molecule has 8 heteroatoms. The first-order valence-electron chi connectivity index (χ1n) is 14.4. The number of nitrogens with two attached hydrogens (primary N) is 1. The van der Waals surface area contributed by atoms with Crippen molar-refractivity contribution in [2.45, 2.75) is 25.8 Å². The van der Waals surface area contributed by atoms with Gasteiger partial charge >= 0.3 is 5.97 Å². The maximum atomic E-state index is 13.9. The van der Waals surface area contributed by atoms with Crippen LogP contribution in [0.2, 0.25) is 0 Å². The molecule has 0 saturated heterocycles. The summed E-state index contributed by atoms with van der Waals surface area (Å²) in [6.45, 7) is 2.20. The molecule has 1 heterocycles. The minimum atomic E-state index is -1.09. The summed E-state index contributed by atoms with van der Waals surface area (Å²) in [4.78, 5) is 45.2. The van der Waals surface area contributed by atoms with Crippen LogP contribution in [0.5, 0.6) is 5.75 Å². The fourth-order valence-corrected chi connectivity index (χ4v) is 5.53. The Labute approximate surface area is 255 Å². The number of aromatic nitrogens is 1. The third kappa shape index (κ3) is 6.44. The molecule has 1 atom stereocenters. The number of aromatic carboxylic acids is 1. The maximum absolute atomic E-state index is 13.9. The molecule has 5 aromatic rings. The molecule has 0 saturated carbocycles. The van der Waals surface area contributed by atoms with E-state index in [4.69, 9.17) is 15.5 Å². The number of primary amides is 1. The second kappa shape index (κ2) is 13.6. The van der Waals surface area contributed by atoms with Crippen LogP contribution in [0.25, 0.3) is 22.2 Å². The van der Waals surface area contributed by atoms with E-state index in [0.29, 0.717) is 28.6 Å². The third-order valence-corrected chi connectivity index (χ3v) is 7.58.